The summed E-state index contributed by atoms with van der Waals surface area (Å²) in [6, 6.07) is 12.0. The minimum absolute atomic E-state index is 0.0271. The van der Waals surface area contributed by atoms with Crippen LogP contribution in [-0.4, -0.2) is 41.2 Å². The highest BCUT2D eigenvalue weighted by atomic mass is 19.1. The number of aliphatic hydroxyl groups is 1. The van der Waals surface area contributed by atoms with Gasteiger partial charge in [0, 0.05) is 36.5 Å². The minimum Gasteiger partial charge on any atom is -0.493 e. The molecule has 2 heterocycles. The molecule has 3 aromatic rings. The third-order valence-electron chi connectivity index (χ3n) is 4.76. The number of halogens is 1. The van der Waals surface area contributed by atoms with Crippen LogP contribution in [0.4, 0.5) is 27.5 Å². The molecule has 4 rings (SSSR count). The number of hydrogen-bond acceptors (Lipinski definition) is 8. The predicted molar refractivity (Wildman–Crippen MR) is 116 cm³/mol. The van der Waals surface area contributed by atoms with Crippen LogP contribution in [0.15, 0.2) is 48.7 Å². The molecule has 1 amide bonds. The molecule has 0 fully saturated rings. The molecule has 166 valence electrons. The summed E-state index contributed by atoms with van der Waals surface area (Å²) in [5, 5.41) is 18.6. The third kappa shape index (κ3) is 5.03. The number of rotatable bonds is 7. The highest BCUT2D eigenvalue weighted by molar-refractivity contribution is 5.77. The number of benzene rings is 2. The summed E-state index contributed by atoms with van der Waals surface area (Å²) in [7, 11) is 1.53. The number of ether oxygens (including phenoxy) is 2. The Balaban J connectivity index is 1.49. The van der Waals surface area contributed by atoms with Crippen LogP contribution < -0.4 is 25.4 Å². The van der Waals surface area contributed by atoms with E-state index < -0.39 is 11.9 Å². The fourth-order valence-corrected chi connectivity index (χ4v) is 3.12. The lowest BCUT2D eigenvalue weighted by Crippen LogP contribution is -2.24. The van der Waals surface area contributed by atoms with E-state index in [2.05, 4.69) is 25.9 Å². The second-order valence-electron chi connectivity index (χ2n) is 7.04. The summed E-state index contributed by atoms with van der Waals surface area (Å²) in [5.74, 6) is 0.349. The first-order valence-corrected chi connectivity index (χ1v) is 9.96. The van der Waals surface area contributed by atoms with Crippen molar-refractivity contribution in [3.63, 3.8) is 0 Å². The Morgan fingerprint density at radius 1 is 1.25 bits per heavy atom. The van der Waals surface area contributed by atoms with Gasteiger partial charge >= 0.3 is 0 Å². The van der Waals surface area contributed by atoms with Gasteiger partial charge in [-0.15, -0.1) is 0 Å². The van der Waals surface area contributed by atoms with Gasteiger partial charge in [-0.05, 0) is 30.3 Å². The lowest BCUT2D eigenvalue weighted by Gasteiger charge is -2.22. The molecular formula is C22H22FN5O4. The van der Waals surface area contributed by atoms with Gasteiger partial charge in [0.25, 0.3) is 5.91 Å². The molecule has 0 radical (unpaired) electrons. The maximum Gasteiger partial charge on any atom is 0.257 e. The van der Waals surface area contributed by atoms with Crippen LogP contribution in [0.1, 0.15) is 18.1 Å². The second kappa shape index (κ2) is 9.48. The Morgan fingerprint density at radius 3 is 2.94 bits per heavy atom. The molecule has 1 unspecified atom stereocenters. The van der Waals surface area contributed by atoms with E-state index in [1.54, 1.807) is 42.5 Å². The van der Waals surface area contributed by atoms with Gasteiger partial charge in [0.1, 0.15) is 11.5 Å². The Kier molecular flexibility index (Phi) is 6.31. The SMILES string of the molecule is CNC(=O)COc1cccc(Nc2ncc(F)c(Nc3ccc4c(c3)C(O)CCO4)n2)c1. The van der Waals surface area contributed by atoms with Gasteiger partial charge in [0.05, 0.1) is 18.9 Å². The zero-order valence-corrected chi connectivity index (χ0v) is 17.3. The van der Waals surface area contributed by atoms with E-state index in [0.717, 1.165) is 6.20 Å². The van der Waals surface area contributed by atoms with Gasteiger partial charge in [-0.25, -0.2) is 9.37 Å². The number of carbonyl (C=O) groups is 1. The fraction of sp³-hybridized carbons (Fsp3) is 0.227. The summed E-state index contributed by atoms with van der Waals surface area (Å²) in [6.07, 6.45) is 0.920. The van der Waals surface area contributed by atoms with Crippen molar-refractivity contribution < 1.29 is 23.8 Å². The standard InChI is InChI=1S/C22H22FN5O4/c1-24-20(30)12-32-15-4-2-3-13(9-15)27-22-25-11-17(23)21(28-22)26-14-5-6-19-16(10-14)18(29)7-8-31-19/h2-6,9-11,18,29H,7-8,12H2,1H3,(H,24,30)(H2,25,26,27,28). The van der Waals surface area contributed by atoms with Crippen LogP contribution in [0.2, 0.25) is 0 Å². The first kappa shape index (κ1) is 21.3. The predicted octanol–water partition coefficient (Wildman–Crippen LogP) is 3.04. The number of nitrogens with one attached hydrogen (secondary N) is 3. The van der Waals surface area contributed by atoms with Crippen molar-refractivity contribution in [2.75, 3.05) is 30.9 Å². The van der Waals surface area contributed by atoms with Crippen molar-refractivity contribution in [3.8, 4) is 11.5 Å². The number of aliphatic hydroxyl groups excluding tert-OH is 1. The molecule has 0 bridgehead atoms. The van der Waals surface area contributed by atoms with E-state index in [4.69, 9.17) is 9.47 Å². The second-order valence-corrected chi connectivity index (χ2v) is 7.04. The number of fused-ring (bicyclic) bond motifs is 1. The van der Waals surface area contributed by atoms with Crippen molar-refractivity contribution in [2.24, 2.45) is 0 Å². The minimum atomic E-state index is -0.633. The largest absolute Gasteiger partial charge is 0.493 e. The van der Waals surface area contributed by atoms with Crippen LogP contribution in [-0.2, 0) is 4.79 Å². The molecule has 10 heteroatoms. The smallest absolute Gasteiger partial charge is 0.257 e. The molecule has 1 aromatic heterocycles. The molecule has 0 saturated carbocycles. The number of carbonyl (C=O) groups excluding carboxylic acids is 1. The lowest BCUT2D eigenvalue weighted by atomic mass is 10.0. The normalized spacial score (nSPS) is 14.7. The maximum atomic E-state index is 14.3. The first-order chi connectivity index (χ1) is 15.5. The summed E-state index contributed by atoms with van der Waals surface area (Å²) in [6.45, 7) is 0.343. The number of likely N-dealkylation sites (N-methyl/N-ethyl adjacent to an activating group) is 1. The molecular weight excluding hydrogens is 417 g/mol. The number of hydrogen-bond donors (Lipinski definition) is 4. The molecule has 1 aliphatic rings. The number of aromatic nitrogens is 2. The van der Waals surface area contributed by atoms with E-state index in [1.807, 2.05) is 0 Å². The van der Waals surface area contributed by atoms with Gasteiger partial charge < -0.3 is 30.5 Å². The molecule has 0 saturated heterocycles. The zero-order valence-electron chi connectivity index (χ0n) is 17.3. The summed E-state index contributed by atoms with van der Waals surface area (Å²) in [5.41, 5.74) is 1.80. The number of anilines is 4. The molecule has 32 heavy (non-hydrogen) atoms. The Labute approximate surface area is 183 Å². The first-order valence-electron chi connectivity index (χ1n) is 9.96. The monoisotopic (exact) mass is 439 g/mol. The van der Waals surface area contributed by atoms with Crippen LogP contribution >= 0.6 is 0 Å². The Morgan fingerprint density at radius 2 is 2.09 bits per heavy atom. The molecule has 0 aliphatic carbocycles. The Bertz CT molecular complexity index is 1130. The van der Waals surface area contributed by atoms with E-state index >= 15 is 0 Å². The van der Waals surface area contributed by atoms with Crippen molar-refractivity contribution in [3.05, 3.63) is 60.0 Å². The summed E-state index contributed by atoms with van der Waals surface area (Å²) in [4.78, 5) is 19.5. The van der Waals surface area contributed by atoms with Crippen molar-refractivity contribution in [2.45, 2.75) is 12.5 Å². The fourth-order valence-electron chi connectivity index (χ4n) is 3.12. The molecule has 4 N–H and O–H groups in total. The van der Waals surface area contributed by atoms with E-state index in [-0.39, 0.29) is 24.3 Å². The van der Waals surface area contributed by atoms with Crippen molar-refractivity contribution >= 4 is 29.0 Å². The summed E-state index contributed by atoms with van der Waals surface area (Å²) < 4.78 is 25.3. The third-order valence-corrected chi connectivity index (χ3v) is 4.76. The van der Waals surface area contributed by atoms with E-state index in [0.29, 0.717) is 41.5 Å². The summed E-state index contributed by atoms with van der Waals surface area (Å²) >= 11 is 0. The zero-order chi connectivity index (χ0) is 22.5. The molecule has 1 atom stereocenters. The topological polar surface area (TPSA) is 118 Å². The van der Waals surface area contributed by atoms with Gasteiger partial charge in [-0.3, -0.25) is 4.79 Å². The molecule has 0 spiro atoms. The van der Waals surface area contributed by atoms with Crippen LogP contribution in [0.3, 0.4) is 0 Å². The number of amides is 1. The molecule has 2 aromatic carbocycles. The van der Waals surface area contributed by atoms with Gasteiger partial charge in [0.2, 0.25) is 5.95 Å². The Hall–Kier alpha value is -3.92. The van der Waals surface area contributed by atoms with Crippen LogP contribution in [0, 0.1) is 5.82 Å². The number of nitrogens with zero attached hydrogens (tertiary/aromatic N) is 2. The van der Waals surface area contributed by atoms with Crippen LogP contribution in [0.25, 0.3) is 0 Å². The van der Waals surface area contributed by atoms with E-state index in [1.165, 1.54) is 7.05 Å². The average molecular weight is 439 g/mol. The van der Waals surface area contributed by atoms with Gasteiger partial charge in [0.15, 0.2) is 18.2 Å². The quantitative estimate of drug-likeness (QED) is 0.444. The lowest BCUT2D eigenvalue weighted by molar-refractivity contribution is -0.122. The van der Waals surface area contributed by atoms with E-state index in [9.17, 15) is 14.3 Å². The van der Waals surface area contributed by atoms with Gasteiger partial charge in [-0.2, -0.15) is 4.98 Å². The van der Waals surface area contributed by atoms with Crippen molar-refractivity contribution in [1.82, 2.24) is 15.3 Å². The highest BCUT2D eigenvalue weighted by Gasteiger charge is 2.20. The molecule has 1 aliphatic heterocycles. The van der Waals surface area contributed by atoms with Crippen LogP contribution in [0.5, 0.6) is 11.5 Å². The average Bonchev–Trinajstić information content (AvgIpc) is 2.80. The maximum absolute atomic E-state index is 14.3. The highest BCUT2D eigenvalue weighted by Crippen LogP contribution is 2.34. The van der Waals surface area contributed by atoms with Gasteiger partial charge in [-0.1, -0.05) is 6.07 Å². The molecule has 9 nitrogen and oxygen atoms in total. The van der Waals surface area contributed by atoms with Crippen molar-refractivity contribution in [1.29, 1.82) is 0 Å².